The molecular weight excluding hydrogens is 232 g/mol. The summed E-state index contributed by atoms with van der Waals surface area (Å²) < 4.78 is 1.12. The highest BCUT2D eigenvalue weighted by Crippen LogP contribution is 2.28. The summed E-state index contributed by atoms with van der Waals surface area (Å²) in [5.41, 5.74) is 3.45. The van der Waals surface area contributed by atoms with Gasteiger partial charge >= 0.3 is 0 Å². The average molecular weight is 248 g/mol. The van der Waals surface area contributed by atoms with Crippen LogP contribution in [0.3, 0.4) is 0 Å². The van der Waals surface area contributed by atoms with Gasteiger partial charge in [-0.3, -0.25) is 4.79 Å². The lowest BCUT2D eigenvalue weighted by atomic mass is 10.1. The molecule has 0 aliphatic rings. The Morgan fingerprint density at radius 3 is 2.76 bits per heavy atom. The maximum Gasteiger partial charge on any atom is 0.226 e. The van der Waals surface area contributed by atoms with Crippen LogP contribution in [0, 0.1) is 13.8 Å². The second-order valence-corrected chi connectivity index (χ2v) is 5.25. The Kier molecular flexibility index (Phi) is 3.43. The molecule has 1 aromatic carbocycles. The number of benzene rings is 1. The van der Waals surface area contributed by atoms with Crippen molar-refractivity contribution in [1.82, 2.24) is 4.98 Å². The molecule has 1 heterocycles. The quantitative estimate of drug-likeness (QED) is 0.900. The minimum absolute atomic E-state index is 0.0417. The van der Waals surface area contributed by atoms with Crippen LogP contribution in [0.25, 0.3) is 10.2 Å². The van der Waals surface area contributed by atoms with E-state index in [0.29, 0.717) is 11.6 Å². The van der Waals surface area contributed by atoms with E-state index in [2.05, 4.69) is 36.3 Å². The Hall–Kier alpha value is -1.42. The van der Waals surface area contributed by atoms with Gasteiger partial charge in [0.1, 0.15) is 0 Å². The predicted octanol–water partition coefficient (Wildman–Crippen LogP) is 3.65. The number of carbonyl (C=O) groups excluding carboxylic acids is 1. The number of nitrogens with zero attached hydrogens (tertiary/aromatic N) is 1. The Morgan fingerprint density at radius 2 is 2.06 bits per heavy atom. The summed E-state index contributed by atoms with van der Waals surface area (Å²) in [5.74, 6) is 0.0417. The van der Waals surface area contributed by atoms with E-state index in [1.807, 2.05) is 6.92 Å². The maximum absolute atomic E-state index is 11.5. The molecule has 1 aromatic heterocycles. The first kappa shape index (κ1) is 12.0. The number of fused-ring (bicyclic) bond motifs is 1. The fourth-order valence-electron chi connectivity index (χ4n) is 1.64. The molecule has 90 valence electrons. The number of rotatable bonds is 3. The first-order valence-corrected chi connectivity index (χ1v) is 6.59. The fraction of sp³-hybridized carbons (Fsp3) is 0.385. The van der Waals surface area contributed by atoms with Gasteiger partial charge < -0.3 is 5.32 Å². The molecule has 2 aromatic rings. The number of nitrogens with one attached hydrogen (secondary N) is 1. The molecular formula is C13H16N2OS. The summed E-state index contributed by atoms with van der Waals surface area (Å²) >= 11 is 1.53. The zero-order valence-corrected chi connectivity index (χ0v) is 11.1. The van der Waals surface area contributed by atoms with Crippen molar-refractivity contribution in [3.8, 4) is 0 Å². The number of anilines is 1. The molecule has 1 N–H and O–H groups in total. The number of hydrogen-bond acceptors (Lipinski definition) is 3. The van der Waals surface area contributed by atoms with E-state index in [-0.39, 0.29) is 5.91 Å². The van der Waals surface area contributed by atoms with Gasteiger partial charge in [-0.25, -0.2) is 4.98 Å². The molecule has 0 saturated heterocycles. The Morgan fingerprint density at radius 1 is 1.35 bits per heavy atom. The van der Waals surface area contributed by atoms with Gasteiger partial charge in [0.25, 0.3) is 0 Å². The fourth-order valence-corrected chi connectivity index (χ4v) is 2.60. The van der Waals surface area contributed by atoms with Gasteiger partial charge in [-0.05, 0) is 43.5 Å². The van der Waals surface area contributed by atoms with Gasteiger partial charge in [0.2, 0.25) is 5.91 Å². The van der Waals surface area contributed by atoms with Gasteiger partial charge in [0.15, 0.2) is 5.13 Å². The molecule has 17 heavy (non-hydrogen) atoms. The minimum Gasteiger partial charge on any atom is -0.302 e. The van der Waals surface area contributed by atoms with E-state index in [0.717, 1.165) is 16.6 Å². The molecule has 0 saturated carbocycles. The highest BCUT2D eigenvalue weighted by atomic mass is 32.1. The lowest BCUT2D eigenvalue weighted by Crippen LogP contribution is -2.09. The van der Waals surface area contributed by atoms with Gasteiger partial charge in [-0.15, -0.1) is 0 Å². The van der Waals surface area contributed by atoms with Crippen LogP contribution in [0.1, 0.15) is 30.9 Å². The average Bonchev–Trinajstić information content (AvgIpc) is 2.60. The van der Waals surface area contributed by atoms with Gasteiger partial charge in [0.05, 0.1) is 10.2 Å². The zero-order valence-electron chi connectivity index (χ0n) is 10.3. The Bertz CT molecular complexity index is 521. The van der Waals surface area contributed by atoms with Crippen LogP contribution >= 0.6 is 11.3 Å². The lowest BCUT2D eigenvalue weighted by Gasteiger charge is -1.97. The summed E-state index contributed by atoms with van der Waals surface area (Å²) in [6.07, 6.45) is 1.41. The van der Waals surface area contributed by atoms with Crippen molar-refractivity contribution in [3.63, 3.8) is 0 Å². The largest absolute Gasteiger partial charge is 0.302 e. The standard InChI is InChI=1S/C13H16N2OS/c1-4-5-12(16)15-13-14-10-6-8(2)9(3)7-11(10)17-13/h6-7H,4-5H2,1-3H3,(H,14,15,16). The van der Waals surface area contributed by atoms with E-state index < -0.39 is 0 Å². The molecule has 0 aliphatic carbocycles. The van der Waals surface area contributed by atoms with Crippen molar-refractivity contribution >= 4 is 32.6 Å². The second-order valence-electron chi connectivity index (χ2n) is 4.22. The van der Waals surface area contributed by atoms with Crippen molar-refractivity contribution in [3.05, 3.63) is 23.3 Å². The minimum atomic E-state index is 0.0417. The normalized spacial score (nSPS) is 10.8. The third kappa shape index (κ3) is 2.64. The van der Waals surface area contributed by atoms with Crippen LogP contribution in [0.4, 0.5) is 5.13 Å². The van der Waals surface area contributed by atoms with E-state index in [1.54, 1.807) is 0 Å². The monoisotopic (exact) mass is 248 g/mol. The zero-order chi connectivity index (χ0) is 12.4. The molecule has 0 atom stereocenters. The van der Waals surface area contributed by atoms with Gasteiger partial charge in [0, 0.05) is 6.42 Å². The molecule has 1 amide bonds. The molecule has 4 heteroatoms. The molecule has 0 fully saturated rings. The van der Waals surface area contributed by atoms with Crippen LogP contribution in [-0.4, -0.2) is 10.9 Å². The summed E-state index contributed by atoms with van der Waals surface area (Å²) in [6, 6.07) is 4.19. The highest BCUT2D eigenvalue weighted by Gasteiger charge is 2.08. The summed E-state index contributed by atoms with van der Waals surface area (Å²) in [7, 11) is 0. The SMILES string of the molecule is CCCC(=O)Nc1nc2cc(C)c(C)cc2s1. The number of hydrogen-bond donors (Lipinski definition) is 1. The highest BCUT2D eigenvalue weighted by molar-refractivity contribution is 7.22. The second kappa shape index (κ2) is 4.84. The van der Waals surface area contributed by atoms with Crippen LogP contribution in [0.15, 0.2) is 12.1 Å². The molecule has 0 aliphatic heterocycles. The number of aryl methyl sites for hydroxylation is 2. The topological polar surface area (TPSA) is 42.0 Å². The molecule has 0 unspecified atom stereocenters. The van der Waals surface area contributed by atoms with Crippen molar-refractivity contribution in [2.24, 2.45) is 0 Å². The number of thiazole rings is 1. The third-order valence-corrected chi connectivity index (χ3v) is 3.66. The van der Waals surface area contributed by atoms with E-state index in [9.17, 15) is 4.79 Å². The van der Waals surface area contributed by atoms with Crippen LogP contribution < -0.4 is 5.32 Å². The Balaban J connectivity index is 2.29. The molecule has 0 radical (unpaired) electrons. The number of aromatic nitrogens is 1. The van der Waals surface area contributed by atoms with Crippen LogP contribution in [-0.2, 0) is 4.79 Å². The van der Waals surface area contributed by atoms with Gasteiger partial charge in [-0.2, -0.15) is 0 Å². The predicted molar refractivity (Wildman–Crippen MR) is 72.6 cm³/mol. The summed E-state index contributed by atoms with van der Waals surface area (Å²) in [6.45, 7) is 6.15. The summed E-state index contributed by atoms with van der Waals surface area (Å²) in [5, 5.41) is 3.54. The first-order valence-electron chi connectivity index (χ1n) is 5.77. The maximum atomic E-state index is 11.5. The molecule has 2 rings (SSSR count). The van der Waals surface area contributed by atoms with Crippen LogP contribution in [0.2, 0.25) is 0 Å². The summed E-state index contributed by atoms with van der Waals surface area (Å²) in [4.78, 5) is 15.9. The third-order valence-electron chi connectivity index (χ3n) is 2.73. The Labute approximate surface area is 105 Å². The molecule has 0 spiro atoms. The number of carbonyl (C=O) groups is 1. The van der Waals surface area contributed by atoms with Crippen LogP contribution in [0.5, 0.6) is 0 Å². The first-order chi connectivity index (χ1) is 8.10. The van der Waals surface area contributed by atoms with Gasteiger partial charge in [-0.1, -0.05) is 18.3 Å². The molecule has 0 bridgehead atoms. The van der Waals surface area contributed by atoms with Crippen molar-refractivity contribution in [1.29, 1.82) is 0 Å². The van der Waals surface area contributed by atoms with Crippen molar-refractivity contribution < 1.29 is 4.79 Å². The lowest BCUT2D eigenvalue weighted by molar-refractivity contribution is -0.116. The van der Waals surface area contributed by atoms with Crippen molar-refractivity contribution in [2.75, 3.05) is 5.32 Å². The van der Waals surface area contributed by atoms with E-state index in [4.69, 9.17) is 0 Å². The molecule has 3 nitrogen and oxygen atoms in total. The van der Waals surface area contributed by atoms with E-state index >= 15 is 0 Å². The smallest absolute Gasteiger partial charge is 0.226 e. The van der Waals surface area contributed by atoms with E-state index in [1.165, 1.54) is 22.5 Å². The number of amides is 1. The van der Waals surface area contributed by atoms with Crippen molar-refractivity contribution in [2.45, 2.75) is 33.6 Å².